The average Bonchev–Trinajstić information content (AvgIpc) is 3.56. The number of nitrogens with zero attached hydrogens (tertiary/aromatic N) is 2. The van der Waals surface area contributed by atoms with Crippen LogP contribution in [-0.2, 0) is 32.6 Å². The topological polar surface area (TPSA) is 86.8 Å². The normalized spacial score (nSPS) is 14.0. The molecule has 1 unspecified atom stereocenters. The van der Waals surface area contributed by atoms with Gasteiger partial charge < -0.3 is 10.2 Å². The van der Waals surface area contributed by atoms with E-state index in [4.69, 9.17) is 11.6 Å². The smallest absolute Gasteiger partial charge is 0.264 e. The van der Waals surface area contributed by atoms with Gasteiger partial charge in [-0.1, -0.05) is 90.7 Å². The van der Waals surface area contributed by atoms with Gasteiger partial charge >= 0.3 is 0 Å². The highest BCUT2D eigenvalue weighted by atomic mass is 35.5. The van der Waals surface area contributed by atoms with Gasteiger partial charge in [0, 0.05) is 24.0 Å². The van der Waals surface area contributed by atoms with E-state index in [1.807, 2.05) is 81.4 Å². The molecule has 1 aliphatic rings. The summed E-state index contributed by atoms with van der Waals surface area (Å²) < 4.78 is 29.7. The van der Waals surface area contributed by atoms with Crippen molar-refractivity contribution in [3.05, 3.63) is 130 Å². The Kier molecular flexibility index (Phi) is 11.0. The van der Waals surface area contributed by atoms with E-state index in [1.54, 1.807) is 17.0 Å². The molecule has 0 spiro atoms. The van der Waals surface area contributed by atoms with Crippen LogP contribution in [0, 0.1) is 20.8 Å². The molecule has 246 valence electrons. The number of hydrogen-bond acceptors (Lipinski definition) is 4. The first kappa shape index (κ1) is 34.2. The van der Waals surface area contributed by atoms with Crippen molar-refractivity contribution in [1.82, 2.24) is 10.2 Å². The van der Waals surface area contributed by atoms with Crippen molar-refractivity contribution in [1.29, 1.82) is 0 Å². The number of carbonyl (C=O) groups is 2. The second-order valence-corrected chi connectivity index (χ2v) is 14.7. The molecule has 7 nitrogen and oxygen atoms in total. The lowest BCUT2D eigenvalue weighted by molar-refractivity contribution is -0.140. The highest BCUT2D eigenvalue weighted by Gasteiger charge is 2.35. The van der Waals surface area contributed by atoms with E-state index >= 15 is 0 Å². The summed E-state index contributed by atoms with van der Waals surface area (Å²) in [6, 6.07) is 27.8. The number of amides is 2. The van der Waals surface area contributed by atoms with Gasteiger partial charge in [-0.15, -0.1) is 0 Å². The highest BCUT2D eigenvalue weighted by molar-refractivity contribution is 7.92. The van der Waals surface area contributed by atoms with Crippen molar-refractivity contribution in [2.75, 3.05) is 10.8 Å². The third-order valence-electron chi connectivity index (χ3n) is 8.87. The molecule has 1 atom stereocenters. The van der Waals surface area contributed by atoms with Crippen molar-refractivity contribution >= 4 is 39.1 Å². The van der Waals surface area contributed by atoms with E-state index in [9.17, 15) is 18.0 Å². The standard InChI is InChI=1S/C38H42ClN3O4S/c1-27-10-9-13-31(22-27)25-41(36(24-30-11-5-4-6-12-30)38(44)40-33-14-7-8-15-33)37(43)26-42(34-19-16-28(2)29(3)23-34)47(45,46)35-20-17-32(39)18-21-35/h4-6,9-13,16-23,33,36H,7-8,14-15,24-26H2,1-3H3,(H,40,44). The van der Waals surface area contributed by atoms with Crippen LogP contribution in [0.5, 0.6) is 0 Å². The van der Waals surface area contributed by atoms with Crippen LogP contribution < -0.4 is 9.62 Å². The predicted octanol–water partition coefficient (Wildman–Crippen LogP) is 7.16. The zero-order valence-corrected chi connectivity index (χ0v) is 28.7. The van der Waals surface area contributed by atoms with Crippen LogP contribution in [0.4, 0.5) is 5.69 Å². The number of anilines is 1. The molecule has 1 fully saturated rings. The van der Waals surface area contributed by atoms with Crippen LogP contribution in [0.1, 0.15) is 53.5 Å². The fraction of sp³-hybridized carbons (Fsp3) is 0.316. The molecular formula is C38H42ClN3O4S. The lowest BCUT2D eigenvalue weighted by Crippen LogP contribution is -2.54. The molecule has 0 radical (unpaired) electrons. The summed E-state index contributed by atoms with van der Waals surface area (Å²) in [6.07, 6.45) is 4.18. The van der Waals surface area contributed by atoms with Crippen molar-refractivity contribution in [3.8, 4) is 0 Å². The minimum absolute atomic E-state index is 0.0120. The Morgan fingerprint density at radius 2 is 1.51 bits per heavy atom. The van der Waals surface area contributed by atoms with Crippen molar-refractivity contribution in [3.63, 3.8) is 0 Å². The summed E-state index contributed by atoms with van der Waals surface area (Å²) in [5.74, 6) is -0.718. The number of aryl methyl sites for hydroxylation is 3. The number of sulfonamides is 1. The van der Waals surface area contributed by atoms with Gasteiger partial charge in [-0.25, -0.2) is 8.42 Å². The van der Waals surface area contributed by atoms with Crippen LogP contribution in [0.3, 0.4) is 0 Å². The quantitative estimate of drug-likeness (QED) is 0.173. The largest absolute Gasteiger partial charge is 0.352 e. The number of carbonyl (C=O) groups excluding carboxylic acids is 2. The Labute approximate surface area is 283 Å². The van der Waals surface area contributed by atoms with Crippen LogP contribution in [0.25, 0.3) is 0 Å². The summed E-state index contributed by atoms with van der Waals surface area (Å²) in [5.41, 5.74) is 5.02. The van der Waals surface area contributed by atoms with Crippen LogP contribution >= 0.6 is 11.6 Å². The van der Waals surface area contributed by atoms with Gasteiger partial charge in [0.15, 0.2) is 0 Å². The van der Waals surface area contributed by atoms with E-state index in [1.165, 1.54) is 24.3 Å². The lowest BCUT2D eigenvalue weighted by Gasteiger charge is -2.34. The van der Waals surface area contributed by atoms with Crippen molar-refractivity contribution in [2.24, 2.45) is 0 Å². The summed E-state index contributed by atoms with van der Waals surface area (Å²) in [7, 11) is -4.21. The highest BCUT2D eigenvalue weighted by Crippen LogP contribution is 2.28. The first-order valence-corrected chi connectivity index (χ1v) is 17.9. The first-order valence-electron chi connectivity index (χ1n) is 16.1. The first-order chi connectivity index (χ1) is 22.5. The maximum absolute atomic E-state index is 14.7. The molecule has 0 saturated heterocycles. The molecule has 0 heterocycles. The van der Waals surface area contributed by atoms with Gasteiger partial charge in [0.1, 0.15) is 12.6 Å². The fourth-order valence-corrected chi connectivity index (χ4v) is 7.60. The molecule has 1 aliphatic carbocycles. The zero-order valence-electron chi connectivity index (χ0n) is 27.2. The van der Waals surface area contributed by atoms with Gasteiger partial charge in [-0.3, -0.25) is 13.9 Å². The van der Waals surface area contributed by atoms with Gasteiger partial charge in [-0.05, 0) is 92.3 Å². The van der Waals surface area contributed by atoms with E-state index in [0.717, 1.165) is 57.8 Å². The monoisotopic (exact) mass is 671 g/mol. The molecule has 0 bridgehead atoms. The Morgan fingerprint density at radius 3 is 2.17 bits per heavy atom. The van der Waals surface area contributed by atoms with Crippen LogP contribution in [-0.4, -0.2) is 43.8 Å². The molecule has 5 rings (SSSR count). The molecule has 2 amide bonds. The summed E-state index contributed by atoms with van der Waals surface area (Å²) in [4.78, 5) is 30.4. The van der Waals surface area contributed by atoms with E-state index < -0.39 is 28.5 Å². The molecular weight excluding hydrogens is 630 g/mol. The van der Waals surface area contributed by atoms with Crippen LogP contribution in [0.2, 0.25) is 5.02 Å². The maximum atomic E-state index is 14.7. The van der Waals surface area contributed by atoms with Gasteiger partial charge in [0.2, 0.25) is 11.8 Å². The summed E-state index contributed by atoms with van der Waals surface area (Å²) >= 11 is 6.10. The van der Waals surface area contributed by atoms with E-state index in [2.05, 4.69) is 5.32 Å². The Balaban J connectivity index is 1.58. The number of benzene rings is 4. The molecule has 0 aromatic heterocycles. The molecule has 1 N–H and O–H groups in total. The van der Waals surface area contributed by atoms with Crippen molar-refractivity contribution in [2.45, 2.75) is 76.4 Å². The minimum Gasteiger partial charge on any atom is -0.352 e. The molecule has 9 heteroatoms. The average molecular weight is 672 g/mol. The van der Waals surface area contributed by atoms with Gasteiger partial charge in [0.05, 0.1) is 10.6 Å². The lowest BCUT2D eigenvalue weighted by atomic mass is 10.0. The number of rotatable bonds is 12. The Hall–Kier alpha value is -4.14. The van der Waals surface area contributed by atoms with Crippen LogP contribution in [0.15, 0.2) is 102 Å². The van der Waals surface area contributed by atoms with Gasteiger partial charge in [0.25, 0.3) is 10.0 Å². The van der Waals surface area contributed by atoms with Gasteiger partial charge in [-0.2, -0.15) is 0 Å². The molecule has 47 heavy (non-hydrogen) atoms. The van der Waals surface area contributed by atoms with Crippen molar-refractivity contribution < 1.29 is 18.0 Å². The third-order valence-corrected chi connectivity index (χ3v) is 10.9. The zero-order chi connectivity index (χ0) is 33.6. The second-order valence-electron chi connectivity index (χ2n) is 12.4. The van der Waals surface area contributed by atoms with E-state index in [-0.39, 0.29) is 29.8 Å². The Morgan fingerprint density at radius 1 is 0.830 bits per heavy atom. The molecule has 4 aromatic rings. The summed E-state index contributed by atoms with van der Waals surface area (Å²) in [5, 5.41) is 3.62. The van der Waals surface area contributed by atoms with E-state index in [0.29, 0.717) is 10.7 Å². The fourth-order valence-electron chi connectivity index (χ4n) is 6.07. The second kappa shape index (κ2) is 15.2. The molecule has 1 saturated carbocycles. The minimum atomic E-state index is -4.21. The maximum Gasteiger partial charge on any atom is 0.264 e. The molecule has 4 aromatic carbocycles. The predicted molar refractivity (Wildman–Crippen MR) is 188 cm³/mol. The number of halogens is 1. The SMILES string of the molecule is Cc1cccc(CN(C(=O)CN(c2ccc(C)c(C)c2)S(=O)(=O)c2ccc(Cl)cc2)C(Cc2ccccc2)C(=O)NC2CCCC2)c1. The Bertz CT molecular complexity index is 1810. The summed E-state index contributed by atoms with van der Waals surface area (Å²) in [6.45, 7) is 5.47. The number of hydrogen-bond donors (Lipinski definition) is 1. The molecule has 0 aliphatic heterocycles. The number of nitrogens with one attached hydrogen (secondary N) is 1. The third kappa shape index (κ3) is 8.62.